The van der Waals surface area contributed by atoms with E-state index in [-0.39, 0.29) is 18.7 Å². The van der Waals surface area contributed by atoms with Crippen molar-refractivity contribution in [2.24, 2.45) is 0 Å². The van der Waals surface area contributed by atoms with E-state index in [1.165, 1.54) is 25.2 Å². The number of hydrogen-bond acceptors (Lipinski definition) is 8. The van der Waals surface area contributed by atoms with Gasteiger partial charge in [0.25, 0.3) is 11.7 Å². The Bertz CT molecular complexity index is 1380. The predicted octanol–water partition coefficient (Wildman–Crippen LogP) is 3.50. The second-order valence-corrected chi connectivity index (χ2v) is 10.3. The molecule has 41 heavy (non-hydrogen) atoms. The minimum atomic E-state index is -0.605. The van der Waals surface area contributed by atoms with Crippen molar-refractivity contribution in [1.82, 2.24) is 19.8 Å². The average Bonchev–Trinajstić information content (AvgIpc) is 2.94. The Hall–Kier alpha value is -3.86. The van der Waals surface area contributed by atoms with E-state index in [1.54, 1.807) is 31.4 Å². The number of halogens is 1. The number of aromatic nitrogens is 2. The highest BCUT2D eigenvalue weighted by Gasteiger charge is 2.22. The Labute approximate surface area is 245 Å². The highest BCUT2D eigenvalue weighted by atomic mass is 35.5. The van der Waals surface area contributed by atoms with Gasteiger partial charge in [0.05, 0.1) is 29.4 Å². The van der Waals surface area contributed by atoms with Crippen LogP contribution in [0.1, 0.15) is 39.4 Å². The summed E-state index contributed by atoms with van der Waals surface area (Å²) in [5.74, 6) is -0.314. The molecule has 2 aromatic carbocycles. The third-order valence-electron chi connectivity index (χ3n) is 6.10. The second-order valence-electron chi connectivity index (χ2n) is 9.89. The van der Waals surface area contributed by atoms with Gasteiger partial charge in [-0.2, -0.15) is 0 Å². The molecule has 0 spiro atoms. The minimum Gasteiger partial charge on any atom is -0.490 e. The first-order chi connectivity index (χ1) is 19.6. The number of nitrogens with one attached hydrogen (secondary N) is 1. The smallest absolute Gasteiger partial charge is 0.294 e. The summed E-state index contributed by atoms with van der Waals surface area (Å²) in [6.45, 7) is 1.49. The van der Waals surface area contributed by atoms with E-state index >= 15 is 0 Å². The number of benzene rings is 2. The van der Waals surface area contributed by atoms with E-state index < -0.39 is 11.7 Å². The summed E-state index contributed by atoms with van der Waals surface area (Å²) < 4.78 is 10.9. The molecular formula is C30H36ClN5O5. The lowest BCUT2D eigenvalue weighted by Crippen LogP contribution is -2.30. The molecule has 2 amide bonds. The molecular weight excluding hydrogens is 546 g/mol. The predicted molar refractivity (Wildman–Crippen MR) is 158 cm³/mol. The van der Waals surface area contributed by atoms with Crippen molar-refractivity contribution in [3.63, 3.8) is 0 Å². The number of carbonyl (C=O) groups excluding carboxylic acids is 3. The van der Waals surface area contributed by atoms with Crippen LogP contribution in [0.2, 0.25) is 5.02 Å². The number of likely N-dealkylation sites (N-methyl/N-ethyl adjacent to an activating group) is 2. The zero-order valence-corrected chi connectivity index (χ0v) is 24.8. The van der Waals surface area contributed by atoms with Gasteiger partial charge in [-0.05, 0) is 37.4 Å². The molecule has 0 aliphatic rings. The Morgan fingerprint density at radius 2 is 1.76 bits per heavy atom. The third kappa shape index (κ3) is 9.34. The molecule has 0 unspecified atom stereocenters. The molecule has 218 valence electrons. The summed E-state index contributed by atoms with van der Waals surface area (Å²) in [5, 5.41) is 3.27. The SMILES string of the molecule is COCCC(=O)Nc1cc(Cc2ncc(Cl)c(Cc3ccccc3C(=O)C(=O)N(C)C)n2)ccc1OCCN(C)C. The lowest BCUT2D eigenvalue weighted by molar-refractivity contribution is -0.124. The molecule has 0 aliphatic heterocycles. The molecule has 0 radical (unpaired) electrons. The van der Waals surface area contributed by atoms with Crippen molar-refractivity contribution >= 4 is 34.9 Å². The molecule has 3 aromatic rings. The van der Waals surface area contributed by atoms with E-state index in [1.807, 2.05) is 37.2 Å². The first kappa shape index (κ1) is 31.7. The monoisotopic (exact) mass is 581 g/mol. The van der Waals surface area contributed by atoms with Crippen LogP contribution in [-0.2, 0) is 27.2 Å². The molecule has 0 atom stereocenters. The molecule has 10 nitrogen and oxygen atoms in total. The molecule has 0 saturated heterocycles. The zero-order valence-electron chi connectivity index (χ0n) is 24.1. The summed E-state index contributed by atoms with van der Waals surface area (Å²) >= 11 is 6.45. The number of nitrogens with zero attached hydrogens (tertiary/aromatic N) is 4. The van der Waals surface area contributed by atoms with Crippen molar-refractivity contribution in [2.45, 2.75) is 19.3 Å². The summed E-state index contributed by atoms with van der Waals surface area (Å²) in [4.78, 5) is 49.9. The largest absolute Gasteiger partial charge is 0.490 e. The Balaban J connectivity index is 1.85. The van der Waals surface area contributed by atoms with Crippen molar-refractivity contribution in [2.75, 3.05) is 60.4 Å². The lowest BCUT2D eigenvalue weighted by atomic mass is 9.99. The van der Waals surface area contributed by atoms with Gasteiger partial charge in [-0.15, -0.1) is 0 Å². The minimum absolute atomic E-state index is 0.188. The third-order valence-corrected chi connectivity index (χ3v) is 6.41. The number of Topliss-reactive ketones (excluding diaryl/α,β-unsaturated/α-hetero) is 1. The highest BCUT2D eigenvalue weighted by Crippen LogP contribution is 2.28. The summed E-state index contributed by atoms with van der Waals surface area (Å²) in [7, 11) is 8.54. The molecule has 0 saturated carbocycles. The van der Waals surface area contributed by atoms with E-state index in [0.717, 1.165) is 12.1 Å². The van der Waals surface area contributed by atoms with Crippen LogP contribution in [0.15, 0.2) is 48.7 Å². The molecule has 1 N–H and O–H groups in total. The van der Waals surface area contributed by atoms with Crippen LogP contribution in [0.3, 0.4) is 0 Å². The van der Waals surface area contributed by atoms with Gasteiger partial charge < -0.3 is 24.6 Å². The van der Waals surface area contributed by atoms with Crippen molar-refractivity contribution in [3.05, 3.63) is 81.9 Å². The van der Waals surface area contributed by atoms with Crippen LogP contribution < -0.4 is 10.1 Å². The topological polar surface area (TPSA) is 114 Å². The average molecular weight is 582 g/mol. The molecule has 1 aromatic heterocycles. The number of carbonyl (C=O) groups is 3. The fraction of sp³-hybridized carbons (Fsp3) is 0.367. The quantitative estimate of drug-likeness (QED) is 0.227. The van der Waals surface area contributed by atoms with Crippen molar-refractivity contribution in [3.8, 4) is 5.75 Å². The van der Waals surface area contributed by atoms with Crippen molar-refractivity contribution < 1.29 is 23.9 Å². The number of hydrogen-bond donors (Lipinski definition) is 1. The number of ether oxygens (including phenoxy) is 2. The maximum absolute atomic E-state index is 12.8. The van der Waals surface area contributed by atoms with Crippen LogP contribution >= 0.6 is 11.6 Å². The van der Waals surface area contributed by atoms with Gasteiger partial charge in [0, 0.05) is 52.4 Å². The van der Waals surface area contributed by atoms with Gasteiger partial charge in [-0.3, -0.25) is 14.4 Å². The zero-order chi connectivity index (χ0) is 29.9. The van der Waals surface area contributed by atoms with E-state index in [4.69, 9.17) is 21.1 Å². The Morgan fingerprint density at radius 3 is 2.46 bits per heavy atom. The van der Waals surface area contributed by atoms with E-state index in [9.17, 15) is 14.4 Å². The van der Waals surface area contributed by atoms with E-state index in [0.29, 0.717) is 58.7 Å². The first-order valence-electron chi connectivity index (χ1n) is 13.1. The number of amides is 2. The van der Waals surface area contributed by atoms with Crippen LogP contribution in [-0.4, -0.2) is 92.4 Å². The lowest BCUT2D eigenvalue weighted by Gasteiger charge is -2.16. The van der Waals surface area contributed by atoms with Crippen LogP contribution in [0.4, 0.5) is 5.69 Å². The second kappa shape index (κ2) is 15.2. The Morgan fingerprint density at radius 1 is 1.00 bits per heavy atom. The van der Waals surface area contributed by atoms with Gasteiger partial charge in [-0.25, -0.2) is 9.97 Å². The van der Waals surface area contributed by atoms with Crippen molar-refractivity contribution in [1.29, 1.82) is 0 Å². The number of ketones is 1. The maximum atomic E-state index is 12.8. The summed E-state index contributed by atoms with van der Waals surface area (Å²) in [6, 6.07) is 12.5. The van der Waals surface area contributed by atoms with Crippen LogP contribution in [0.5, 0.6) is 5.75 Å². The first-order valence-corrected chi connectivity index (χ1v) is 13.5. The fourth-order valence-electron chi connectivity index (χ4n) is 3.89. The van der Waals surface area contributed by atoms with E-state index in [2.05, 4.69) is 15.3 Å². The van der Waals surface area contributed by atoms with Gasteiger partial charge >= 0.3 is 0 Å². The van der Waals surface area contributed by atoms with Crippen LogP contribution in [0, 0.1) is 0 Å². The molecule has 3 rings (SSSR count). The number of rotatable bonds is 14. The molecule has 0 bridgehead atoms. The maximum Gasteiger partial charge on any atom is 0.294 e. The molecule has 11 heteroatoms. The van der Waals surface area contributed by atoms with Crippen LogP contribution in [0.25, 0.3) is 0 Å². The molecule has 0 fully saturated rings. The highest BCUT2D eigenvalue weighted by molar-refractivity contribution is 6.43. The Kier molecular flexibility index (Phi) is 11.8. The normalized spacial score (nSPS) is 10.9. The van der Waals surface area contributed by atoms with Gasteiger partial charge in [0.2, 0.25) is 5.91 Å². The molecule has 0 aliphatic carbocycles. The summed E-state index contributed by atoms with van der Waals surface area (Å²) in [5.41, 5.74) is 2.88. The number of methoxy groups -OCH3 is 1. The van der Waals surface area contributed by atoms with Gasteiger partial charge in [0.1, 0.15) is 18.2 Å². The van der Waals surface area contributed by atoms with Gasteiger partial charge in [-0.1, -0.05) is 41.9 Å². The van der Waals surface area contributed by atoms with Gasteiger partial charge in [0.15, 0.2) is 0 Å². The standard InChI is InChI=1S/C30H36ClN5O5/c1-35(2)13-15-41-26-11-10-20(16-25(26)34-28(37)12-14-40-5)17-27-32-19-23(31)24(33-27)18-21-8-6-7-9-22(21)29(38)30(39)36(3)4/h6-11,16,19H,12-15,17-18H2,1-5H3,(H,34,37). The fourth-order valence-corrected chi connectivity index (χ4v) is 4.04. The summed E-state index contributed by atoms with van der Waals surface area (Å²) in [6.07, 6.45) is 2.35. The number of anilines is 1. The molecule has 1 heterocycles.